The fourth-order valence-corrected chi connectivity index (χ4v) is 3.87. The van der Waals surface area contributed by atoms with E-state index in [1.165, 1.54) is 13.1 Å². The van der Waals surface area contributed by atoms with Crippen LogP contribution in [0.15, 0.2) is 0 Å². The Kier molecular flexibility index (Phi) is 4.50. The molecule has 3 unspecified atom stereocenters. The molecule has 1 aliphatic heterocycles. The van der Waals surface area contributed by atoms with Crippen LogP contribution in [0, 0.1) is 5.41 Å². The summed E-state index contributed by atoms with van der Waals surface area (Å²) in [6, 6.07) is 0.517. The van der Waals surface area contributed by atoms with E-state index >= 15 is 0 Å². The largest absolute Gasteiger partial charge is 0.329 e. The molecule has 0 spiro atoms. The highest BCUT2D eigenvalue weighted by atomic mass is 32.2. The lowest BCUT2D eigenvalue weighted by molar-refractivity contribution is 0.103. The Labute approximate surface area is 99.0 Å². The molecule has 2 N–H and O–H groups in total. The molecule has 3 atom stereocenters. The predicted octanol–water partition coefficient (Wildman–Crippen LogP) is 2.19. The van der Waals surface area contributed by atoms with Crippen molar-refractivity contribution in [1.82, 2.24) is 4.90 Å². The lowest BCUT2D eigenvalue weighted by Gasteiger charge is -2.44. The molecule has 15 heavy (non-hydrogen) atoms. The Morgan fingerprint density at radius 3 is 2.07 bits per heavy atom. The van der Waals surface area contributed by atoms with E-state index < -0.39 is 0 Å². The first kappa shape index (κ1) is 13.3. The van der Waals surface area contributed by atoms with E-state index in [1.807, 2.05) is 0 Å². The monoisotopic (exact) mass is 230 g/mol. The zero-order chi connectivity index (χ0) is 11.6. The van der Waals surface area contributed by atoms with Gasteiger partial charge in [0.25, 0.3) is 0 Å². The minimum atomic E-state index is 0.288. The lowest BCUT2D eigenvalue weighted by Crippen LogP contribution is -2.54. The predicted molar refractivity (Wildman–Crippen MR) is 70.4 cm³/mol. The Bertz CT molecular complexity index is 190. The summed E-state index contributed by atoms with van der Waals surface area (Å²) in [6.45, 7) is 14.7. The first-order valence-corrected chi connectivity index (χ1v) is 6.88. The number of nitrogens with two attached hydrogens (primary N) is 1. The van der Waals surface area contributed by atoms with Crippen LogP contribution in [0.3, 0.4) is 0 Å². The summed E-state index contributed by atoms with van der Waals surface area (Å²) >= 11 is 2.10. The van der Waals surface area contributed by atoms with Gasteiger partial charge in [-0.15, -0.1) is 0 Å². The average Bonchev–Trinajstić information content (AvgIpc) is 1.99. The summed E-state index contributed by atoms with van der Waals surface area (Å²) in [4.78, 5) is 2.59. The third-order valence-corrected chi connectivity index (χ3v) is 4.34. The molecule has 0 saturated carbocycles. The van der Waals surface area contributed by atoms with Crippen LogP contribution in [0.5, 0.6) is 0 Å². The van der Waals surface area contributed by atoms with Gasteiger partial charge in [-0.05, 0) is 5.41 Å². The number of hydrogen-bond acceptors (Lipinski definition) is 3. The summed E-state index contributed by atoms with van der Waals surface area (Å²) in [5, 5.41) is 1.48. The molecule has 0 aromatic rings. The average molecular weight is 230 g/mol. The van der Waals surface area contributed by atoms with Gasteiger partial charge < -0.3 is 5.73 Å². The van der Waals surface area contributed by atoms with Gasteiger partial charge in [0.15, 0.2) is 0 Å². The van der Waals surface area contributed by atoms with Crippen molar-refractivity contribution in [3.8, 4) is 0 Å². The van der Waals surface area contributed by atoms with Crippen molar-refractivity contribution in [2.45, 2.75) is 51.2 Å². The molecular formula is C12H26N2S. The van der Waals surface area contributed by atoms with Crippen molar-refractivity contribution < 1.29 is 0 Å². The summed E-state index contributed by atoms with van der Waals surface area (Å²) in [5.41, 5.74) is 6.22. The minimum absolute atomic E-state index is 0.288. The molecule has 1 fully saturated rings. The molecule has 90 valence electrons. The van der Waals surface area contributed by atoms with Crippen molar-refractivity contribution in [1.29, 1.82) is 0 Å². The molecule has 1 rings (SSSR count). The van der Waals surface area contributed by atoms with Crippen molar-refractivity contribution in [2.75, 3.05) is 19.6 Å². The summed E-state index contributed by atoms with van der Waals surface area (Å²) in [5.74, 6) is 0. The lowest BCUT2D eigenvalue weighted by atomic mass is 9.85. The molecule has 3 heteroatoms. The van der Waals surface area contributed by atoms with Crippen molar-refractivity contribution in [2.24, 2.45) is 11.1 Å². The maximum Gasteiger partial charge on any atom is 0.0267 e. The molecule has 0 aliphatic carbocycles. The summed E-state index contributed by atoms with van der Waals surface area (Å²) < 4.78 is 0. The van der Waals surface area contributed by atoms with Crippen LogP contribution in [-0.2, 0) is 0 Å². The molecule has 2 nitrogen and oxygen atoms in total. The van der Waals surface area contributed by atoms with Crippen LogP contribution in [-0.4, -0.2) is 41.1 Å². The zero-order valence-corrected chi connectivity index (χ0v) is 11.6. The second-order valence-corrected chi connectivity index (χ2v) is 7.71. The Morgan fingerprint density at radius 1 is 1.27 bits per heavy atom. The number of hydrogen-bond donors (Lipinski definition) is 1. The Balaban J connectivity index is 2.68. The third-order valence-electron chi connectivity index (χ3n) is 3.11. The zero-order valence-electron chi connectivity index (χ0n) is 10.8. The molecule has 1 saturated heterocycles. The van der Waals surface area contributed by atoms with Gasteiger partial charge in [0.05, 0.1) is 0 Å². The van der Waals surface area contributed by atoms with E-state index in [0.717, 1.165) is 17.0 Å². The number of nitrogens with zero attached hydrogens (tertiary/aromatic N) is 1. The standard InChI is InChI=1S/C12H26N2S/c1-9-7-14(8-10(2)15-9)11(6-13)12(3,4)5/h9-11H,6-8,13H2,1-5H3. The van der Waals surface area contributed by atoms with Crippen LogP contribution in [0.25, 0.3) is 0 Å². The molecule has 0 aromatic heterocycles. The van der Waals surface area contributed by atoms with Gasteiger partial charge in [-0.25, -0.2) is 0 Å². The molecular weight excluding hydrogens is 204 g/mol. The maximum absolute atomic E-state index is 5.93. The van der Waals surface area contributed by atoms with Gasteiger partial charge in [0, 0.05) is 36.2 Å². The van der Waals surface area contributed by atoms with Crippen LogP contribution in [0.4, 0.5) is 0 Å². The van der Waals surface area contributed by atoms with E-state index in [9.17, 15) is 0 Å². The van der Waals surface area contributed by atoms with Crippen LogP contribution >= 0.6 is 11.8 Å². The van der Waals surface area contributed by atoms with Crippen molar-refractivity contribution in [3.63, 3.8) is 0 Å². The molecule has 1 aliphatic rings. The topological polar surface area (TPSA) is 29.3 Å². The summed E-state index contributed by atoms with van der Waals surface area (Å²) in [7, 11) is 0. The quantitative estimate of drug-likeness (QED) is 0.788. The maximum atomic E-state index is 5.93. The van der Waals surface area contributed by atoms with Crippen molar-refractivity contribution in [3.05, 3.63) is 0 Å². The first-order chi connectivity index (χ1) is 6.84. The van der Waals surface area contributed by atoms with Crippen LogP contribution in [0.2, 0.25) is 0 Å². The van der Waals surface area contributed by atoms with Gasteiger partial charge in [0.2, 0.25) is 0 Å². The van der Waals surface area contributed by atoms with Crippen LogP contribution < -0.4 is 5.73 Å². The highest BCUT2D eigenvalue weighted by Crippen LogP contribution is 2.31. The Hall–Kier alpha value is 0.270. The normalized spacial score (nSPS) is 31.6. The van der Waals surface area contributed by atoms with E-state index in [-0.39, 0.29) is 5.41 Å². The fourth-order valence-electron chi connectivity index (χ4n) is 2.52. The van der Waals surface area contributed by atoms with Gasteiger partial charge >= 0.3 is 0 Å². The third kappa shape index (κ3) is 3.65. The highest BCUT2D eigenvalue weighted by Gasteiger charge is 2.33. The minimum Gasteiger partial charge on any atom is -0.329 e. The molecule has 1 heterocycles. The molecule has 0 bridgehead atoms. The van der Waals surface area contributed by atoms with Crippen molar-refractivity contribution >= 4 is 11.8 Å². The van der Waals surface area contributed by atoms with Gasteiger partial charge in [-0.3, -0.25) is 4.90 Å². The van der Waals surface area contributed by atoms with Gasteiger partial charge in [-0.1, -0.05) is 34.6 Å². The first-order valence-electron chi connectivity index (χ1n) is 5.94. The summed E-state index contributed by atoms with van der Waals surface area (Å²) in [6.07, 6.45) is 0. The van der Waals surface area contributed by atoms with Gasteiger partial charge in [-0.2, -0.15) is 11.8 Å². The van der Waals surface area contributed by atoms with E-state index in [0.29, 0.717) is 6.04 Å². The number of thioether (sulfide) groups is 1. The highest BCUT2D eigenvalue weighted by molar-refractivity contribution is 8.00. The second-order valence-electron chi connectivity index (χ2n) is 5.83. The smallest absolute Gasteiger partial charge is 0.0267 e. The molecule has 0 amide bonds. The van der Waals surface area contributed by atoms with Gasteiger partial charge in [0.1, 0.15) is 0 Å². The van der Waals surface area contributed by atoms with E-state index in [1.54, 1.807) is 0 Å². The fraction of sp³-hybridized carbons (Fsp3) is 1.00. The van der Waals surface area contributed by atoms with E-state index in [2.05, 4.69) is 51.3 Å². The molecule has 0 radical (unpaired) electrons. The van der Waals surface area contributed by atoms with E-state index in [4.69, 9.17) is 5.73 Å². The SMILES string of the molecule is CC1CN(C(CN)C(C)(C)C)CC(C)S1. The second kappa shape index (κ2) is 5.07. The molecule has 0 aromatic carbocycles. The Morgan fingerprint density at radius 2 is 1.73 bits per heavy atom. The van der Waals surface area contributed by atoms with Crippen LogP contribution in [0.1, 0.15) is 34.6 Å². The number of rotatable bonds is 2.